The molecule has 9 heteroatoms. The van der Waals surface area contributed by atoms with Gasteiger partial charge in [0.2, 0.25) is 5.91 Å². The highest BCUT2D eigenvalue weighted by Crippen LogP contribution is 2.41. The van der Waals surface area contributed by atoms with Crippen LogP contribution in [0.25, 0.3) is 0 Å². The van der Waals surface area contributed by atoms with E-state index in [0.717, 1.165) is 11.8 Å². The lowest BCUT2D eigenvalue weighted by molar-refractivity contribution is -0.138. The summed E-state index contributed by atoms with van der Waals surface area (Å²) in [5, 5.41) is 13.0. The Morgan fingerprint density at radius 3 is 2.75 bits per heavy atom. The topological polar surface area (TPSA) is 105 Å². The summed E-state index contributed by atoms with van der Waals surface area (Å²) >= 11 is 1.09. The summed E-state index contributed by atoms with van der Waals surface area (Å²) < 4.78 is 23.7. The fourth-order valence-electron chi connectivity index (χ4n) is 3.21. The zero-order valence-electron chi connectivity index (χ0n) is 17.2. The van der Waals surface area contributed by atoms with Crippen LogP contribution in [0.3, 0.4) is 0 Å². The van der Waals surface area contributed by atoms with E-state index in [-0.39, 0.29) is 23.8 Å². The van der Waals surface area contributed by atoms with Crippen molar-refractivity contribution in [2.24, 2.45) is 10.9 Å². The first-order chi connectivity index (χ1) is 15.4. The summed E-state index contributed by atoms with van der Waals surface area (Å²) in [5.41, 5.74) is 1.07. The first-order valence-corrected chi connectivity index (χ1v) is 10.6. The van der Waals surface area contributed by atoms with E-state index in [0.29, 0.717) is 22.2 Å². The van der Waals surface area contributed by atoms with E-state index in [1.54, 1.807) is 19.1 Å². The van der Waals surface area contributed by atoms with Crippen molar-refractivity contribution in [1.29, 1.82) is 5.26 Å². The number of carbonyl (C=O) groups excluding carboxylic acids is 2. The maximum absolute atomic E-state index is 13.0. The van der Waals surface area contributed by atoms with Gasteiger partial charge < -0.3 is 14.5 Å². The number of halogens is 1. The number of nitriles is 1. The van der Waals surface area contributed by atoms with Crippen LogP contribution in [-0.2, 0) is 14.3 Å². The summed E-state index contributed by atoms with van der Waals surface area (Å²) in [6.45, 7) is 5.20. The molecule has 2 heterocycles. The molecule has 0 saturated heterocycles. The number of allylic oxidation sites excluding steroid dienone is 1. The second kappa shape index (κ2) is 10.6. The summed E-state index contributed by atoms with van der Waals surface area (Å²) in [6, 6.07) is 10.9. The van der Waals surface area contributed by atoms with Crippen LogP contribution in [-0.4, -0.2) is 29.3 Å². The lowest BCUT2D eigenvalue weighted by atomic mass is 9.82. The lowest BCUT2D eigenvalue weighted by Crippen LogP contribution is -2.30. The van der Waals surface area contributed by atoms with Crippen molar-refractivity contribution in [1.82, 2.24) is 0 Å². The number of aliphatic imine (C=N–C) groups is 1. The highest BCUT2D eigenvalue weighted by molar-refractivity contribution is 8.14. The zero-order valence-corrected chi connectivity index (χ0v) is 18.0. The predicted molar refractivity (Wildman–Crippen MR) is 119 cm³/mol. The molecule has 0 radical (unpaired) electrons. The fraction of sp³-hybridized carbons (Fsp3) is 0.217. The summed E-state index contributed by atoms with van der Waals surface area (Å²) in [5.74, 6) is -2.53. The van der Waals surface area contributed by atoms with Gasteiger partial charge in [0.05, 0.1) is 34.6 Å². The van der Waals surface area contributed by atoms with E-state index in [9.17, 15) is 19.2 Å². The first-order valence-electron chi connectivity index (χ1n) is 9.63. The molecule has 1 aliphatic heterocycles. The third-order valence-corrected chi connectivity index (χ3v) is 5.65. The van der Waals surface area contributed by atoms with Crippen LogP contribution in [0.5, 0.6) is 0 Å². The molecule has 3 rings (SSSR count). The van der Waals surface area contributed by atoms with Gasteiger partial charge in [-0.25, -0.2) is 14.2 Å². The molecule has 0 spiro atoms. The number of nitrogens with one attached hydrogen (secondary N) is 1. The van der Waals surface area contributed by atoms with Crippen LogP contribution in [0.4, 0.5) is 10.1 Å². The molecule has 1 aromatic heterocycles. The Balaban J connectivity index is 1.83. The van der Waals surface area contributed by atoms with Crippen LogP contribution in [0.2, 0.25) is 0 Å². The second-order valence-corrected chi connectivity index (χ2v) is 7.78. The van der Waals surface area contributed by atoms with Crippen molar-refractivity contribution >= 4 is 34.4 Å². The number of esters is 1. The second-order valence-electron chi connectivity index (χ2n) is 6.78. The quantitative estimate of drug-likeness (QED) is 0.491. The van der Waals surface area contributed by atoms with Crippen molar-refractivity contribution in [2.75, 3.05) is 17.7 Å². The number of rotatable bonds is 7. The Hall–Kier alpha value is -3.64. The van der Waals surface area contributed by atoms with Crippen LogP contribution in [0.1, 0.15) is 18.6 Å². The highest BCUT2D eigenvalue weighted by Gasteiger charge is 2.41. The smallest absolute Gasteiger partial charge is 0.336 e. The largest absolute Gasteiger partial charge is 0.469 e. The maximum Gasteiger partial charge on any atom is 0.336 e. The molecule has 2 aromatic rings. The van der Waals surface area contributed by atoms with Gasteiger partial charge in [0.15, 0.2) is 0 Å². The van der Waals surface area contributed by atoms with Crippen molar-refractivity contribution < 1.29 is 23.1 Å². The van der Waals surface area contributed by atoms with E-state index >= 15 is 0 Å². The van der Waals surface area contributed by atoms with E-state index in [1.165, 1.54) is 36.6 Å². The molecule has 0 fully saturated rings. The van der Waals surface area contributed by atoms with Crippen LogP contribution in [0, 0.1) is 23.1 Å². The van der Waals surface area contributed by atoms with Gasteiger partial charge in [0, 0.05) is 11.4 Å². The number of nitrogens with zero attached hydrogens (tertiary/aromatic N) is 2. The highest BCUT2D eigenvalue weighted by atomic mass is 32.2. The van der Waals surface area contributed by atoms with Crippen molar-refractivity contribution in [3.8, 4) is 6.07 Å². The number of hydrogen-bond donors (Lipinski definition) is 1. The number of furan rings is 1. The number of benzene rings is 1. The Morgan fingerprint density at radius 2 is 2.12 bits per heavy atom. The molecule has 1 unspecified atom stereocenters. The van der Waals surface area contributed by atoms with Crippen molar-refractivity contribution in [3.05, 3.63) is 78.2 Å². The van der Waals surface area contributed by atoms with Crippen LogP contribution >= 0.6 is 11.8 Å². The van der Waals surface area contributed by atoms with Gasteiger partial charge in [0.1, 0.15) is 24.1 Å². The molecule has 0 aliphatic carbocycles. The number of ether oxygens (including phenoxy) is 1. The fourth-order valence-corrected chi connectivity index (χ4v) is 4.13. The molecule has 0 bridgehead atoms. The Kier molecular flexibility index (Phi) is 7.63. The van der Waals surface area contributed by atoms with Gasteiger partial charge in [-0.3, -0.25) is 4.79 Å². The lowest BCUT2D eigenvalue weighted by Gasteiger charge is -2.28. The molecule has 7 nitrogen and oxygen atoms in total. The zero-order chi connectivity index (χ0) is 23.1. The summed E-state index contributed by atoms with van der Waals surface area (Å²) in [6.07, 6.45) is 2.91. The summed E-state index contributed by atoms with van der Waals surface area (Å²) in [7, 11) is 0. The SMILES string of the molecule is C=CCOC(=O)C1=C(C)N=C(SCC(=O)Nc2ccc(F)cc2)C(C#N)[C@H]1c1ccco1. The number of carbonyl (C=O) groups is 2. The van der Waals surface area contributed by atoms with Crippen LogP contribution < -0.4 is 5.32 Å². The van der Waals surface area contributed by atoms with E-state index in [4.69, 9.17) is 9.15 Å². The van der Waals surface area contributed by atoms with Gasteiger partial charge in [-0.1, -0.05) is 24.4 Å². The molecular formula is C23H20FN3O4S. The number of anilines is 1. The van der Waals surface area contributed by atoms with E-state index < -0.39 is 23.6 Å². The minimum Gasteiger partial charge on any atom is -0.469 e. The van der Waals surface area contributed by atoms with Gasteiger partial charge >= 0.3 is 5.97 Å². The molecule has 2 atom stereocenters. The third kappa shape index (κ3) is 5.34. The van der Waals surface area contributed by atoms with Crippen molar-refractivity contribution in [2.45, 2.75) is 12.8 Å². The average molecular weight is 453 g/mol. The molecular weight excluding hydrogens is 433 g/mol. The predicted octanol–water partition coefficient (Wildman–Crippen LogP) is 4.43. The number of thioether (sulfide) groups is 1. The molecule has 1 aliphatic rings. The molecule has 1 aromatic carbocycles. The molecule has 0 saturated carbocycles. The van der Waals surface area contributed by atoms with Gasteiger partial charge in [-0.15, -0.1) is 0 Å². The minimum atomic E-state index is -0.847. The van der Waals surface area contributed by atoms with Crippen molar-refractivity contribution in [3.63, 3.8) is 0 Å². The molecule has 1 N–H and O–H groups in total. The summed E-state index contributed by atoms with van der Waals surface area (Å²) in [4.78, 5) is 29.5. The third-order valence-electron chi connectivity index (χ3n) is 4.60. The number of hydrogen-bond acceptors (Lipinski definition) is 7. The van der Waals surface area contributed by atoms with E-state index in [2.05, 4.69) is 23.0 Å². The maximum atomic E-state index is 13.0. The Labute approximate surface area is 188 Å². The van der Waals surface area contributed by atoms with Gasteiger partial charge in [-0.05, 0) is 43.3 Å². The van der Waals surface area contributed by atoms with Crippen LogP contribution in [0.15, 0.2) is 76.0 Å². The van der Waals surface area contributed by atoms with E-state index in [1.807, 2.05) is 0 Å². The normalized spacial score (nSPS) is 17.8. The Bertz CT molecular complexity index is 1100. The average Bonchev–Trinajstić information content (AvgIpc) is 3.31. The minimum absolute atomic E-state index is 0.0204. The standard InChI is InChI=1S/C23H20FN3O4S/c1-3-10-31-23(29)20-14(2)26-22(17(12-25)21(20)18-5-4-11-30-18)32-13-19(28)27-16-8-6-15(24)7-9-16/h3-9,11,17,21H,1,10,13H2,2H3,(H,27,28)/t17?,21-/m0/s1. The van der Waals surface area contributed by atoms with Gasteiger partial charge in [-0.2, -0.15) is 5.26 Å². The number of amides is 1. The molecule has 164 valence electrons. The first kappa shape index (κ1) is 23.0. The Morgan fingerprint density at radius 1 is 1.38 bits per heavy atom. The monoisotopic (exact) mass is 453 g/mol. The molecule has 32 heavy (non-hydrogen) atoms. The van der Waals surface area contributed by atoms with Gasteiger partial charge in [0.25, 0.3) is 0 Å². The molecule has 1 amide bonds.